The Morgan fingerprint density at radius 1 is 0.935 bits per heavy atom. The molecule has 0 spiro atoms. The van der Waals surface area contributed by atoms with Crippen molar-refractivity contribution in [3.63, 3.8) is 0 Å². The molecule has 0 heterocycles. The van der Waals surface area contributed by atoms with Gasteiger partial charge in [0.15, 0.2) is 0 Å². The van der Waals surface area contributed by atoms with Crippen LogP contribution in [0.25, 0.3) is 0 Å². The minimum atomic E-state index is -4.67. The molecule has 1 N–H and O–H groups in total. The fourth-order valence-electron chi connectivity index (χ4n) is 2.74. The van der Waals surface area contributed by atoms with Gasteiger partial charge in [-0.3, -0.25) is 9.10 Å². The van der Waals surface area contributed by atoms with Gasteiger partial charge in [0.05, 0.1) is 16.1 Å². The average Bonchev–Trinajstić information content (AvgIpc) is 2.74. The zero-order valence-electron chi connectivity index (χ0n) is 15.8. The van der Waals surface area contributed by atoms with Gasteiger partial charge >= 0.3 is 6.18 Å². The molecule has 0 fully saturated rings. The molecule has 0 saturated carbocycles. The van der Waals surface area contributed by atoms with E-state index in [-0.39, 0.29) is 10.6 Å². The highest BCUT2D eigenvalue weighted by Crippen LogP contribution is 2.33. The summed E-state index contributed by atoms with van der Waals surface area (Å²) in [6.45, 7) is -0.704. The lowest BCUT2D eigenvalue weighted by Crippen LogP contribution is -2.38. The maximum atomic E-state index is 13.2. The van der Waals surface area contributed by atoms with E-state index in [4.69, 9.17) is 0 Å². The van der Waals surface area contributed by atoms with Crippen LogP contribution in [0.2, 0.25) is 0 Å². The minimum absolute atomic E-state index is 0.144. The highest BCUT2D eigenvalue weighted by molar-refractivity contribution is 14.1. The molecule has 0 aliphatic rings. The number of hydrogen-bond donors (Lipinski definition) is 1. The molecule has 10 heteroatoms. The number of anilines is 2. The molecule has 0 saturated heterocycles. The van der Waals surface area contributed by atoms with Crippen molar-refractivity contribution in [3.05, 3.63) is 88.0 Å². The molecule has 5 nitrogen and oxygen atoms in total. The molecule has 0 aromatic heterocycles. The molecule has 3 rings (SSSR count). The lowest BCUT2D eigenvalue weighted by atomic mass is 10.2. The van der Waals surface area contributed by atoms with Gasteiger partial charge in [0.25, 0.3) is 10.0 Å². The number of benzene rings is 3. The Labute approximate surface area is 191 Å². The predicted molar refractivity (Wildman–Crippen MR) is 120 cm³/mol. The van der Waals surface area contributed by atoms with Gasteiger partial charge in [-0.25, -0.2) is 8.42 Å². The molecule has 3 aromatic rings. The number of nitrogens with one attached hydrogen (secondary N) is 1. The van der Waals surface area contributed by atoms with E-state index >= 15 is 0 Å². The zero-order chi connectivity index (χ0) is 22.6. The Kier molecular flexibility index (Phi) is 6.90. The number of sulfonamides is 1. The summed E-state index contributed by atoms with van der Waals surface area (Å²) in [7, 11) is -4.31. The average molecular weight is 560 g/mol. The third-order valence-corrected chi connectivity index (χ3v) is 6.72. The number of amides is 1. The molecule has 0 aliphatic heterocycles. The van der Waals surface area contributed by atoms with Crippen LogP contribution in [0.3, 0.4) is 0 Å². The van der Waals surface area contributed by atoms with Gasteiger partial charge in [-0.2, -0.15) is 13.2 Å². The van der Waals surface area contributed by atoms with E-state index < -0.39 is 34.2 Å². The van der Waals surface area contributed by atoms with Gasteiger partial charge in [-0.15, -0.1) is 0 Å². The van der Waals surface area contributed by atoms with Gasteiger partial charge in [0, 0.05) is 9.26 Å². The topological polar surface area (TPSA) is 66.5 Å². The van der Waals surface area contributed by atoms with Crippen LogP contribution in [0.15, 0.2) is 83.8 Å². The number of halogens is 4. The minimum Gasteiger partial charge on any atom is -0.325 e. The summed E-state index contributed by atoms with van der Waals surface area (Å²) >= 11 is 2.09. The van der Waals surface area contributed by atoms with Crippen LogP contribution in [0.1, 0.15) is 5.56 Å². The third-order valence-electron chi connectivity index (χ3n) is 4.21. The second-order valence-electron chi connectivity index (χ2n) is 6.43. The fraction of sp³-hybridized carbons (Fsp3) is 0.0952. The number of nitrogens with zero attached hydrogens (tertiary/aromatic N) is 1. The first kappa shape index (κ1) is 23.1. The second kappa shape index (κ2) is 9.27. The van der Waals surface area contributed by atoms with Crippen LogP contribution in [-0.2, 0) is 21.0 Å². The first-order valence-corrected chi connectivity index (χ1v) is 11.4. The van der Waals surface area contributed by atoms with Crippen molar-refractivity contribution in [1.29, 1.82) is 0 Å². The van der Waals surface area contributed by atoms with E-state index in [9.17, 15) is 26.4 Å². The van der Waals surface area contributed by atoms with Crippen LogP contribution in [0.4, 0.5) is 24.5 Å². The molecule has 3 aromatic carbocycles. The maximum Gasteiger partial charge on any atom is 0.416 e. The van der Waals surface area contributed by atoms with Crippen molar-refractivity contribution in [1.82, 2.24) is 0 Å². The van der Waals surface area contributed by atoms with Crippen molar-refractivity contribution in [3.8, 4) is 0 Å². The first-order chi connectivity index (χ1) is 14.6. The van der Waals surface area contributed by atoms with Crippen molar-refractivity contribution in [2.24, 2.45) is 0 Å². The summed E-state index contributed by atoms with van der Waals surface area (Å²) in [5.41, 5.74) is -0.848. The molecule has 0 atom stereocenters. The lowest BCUT2D eigenvalue weighted by Gasteiger charge is -2.25. The highest BCUT2D eigenvalue weighted by atomic mass is 127. The highest BCUT2D eigenvalue weighted by Gasteiger charge is 2.33. The number of carbonyl (C=O) groups is 1. The summed E-state index contributed by atoms with van der Waals surface area (Å²) in [6.07, 6.45) is -4.67. The lowest BCUT2D eigenvalue weighted by molar-refractivity contribution is -0.137. The molecule has 0 radical (unpaired) electrons. The fourth-order valence-corrected chi connectivity index (χ4v) is 4.53. The smallest absolute Gasteiger partial charge is 0.325 e. The van der Waals surface area contributed by atoms with Crippen LogP contribution in [-0.4, -0.2) is 20.9 Å². The van der Waals surface area contributed by atoms with Crippen molar-refractivity contribution < 1.29 is 26.4 Å². The third kappa shape index (κ3) is 5.76. The molecule has 0 aliphatic carbocycles. The number of alkyl halides is 3. The summed E-state index contributed by atoms with van der Waals surface area (Å²) in [5, 5.41) is 2.57. The molecule has 1 amide bonds. The largest absolute Gasteiger partial charge is 0.416 e. The van der Waals surface area contributed by atoms with Gasteiger partial charge in [0.1, 0.15) is 6.54 Å². The second-order valence-corrected chi connectivity index (χ2v) is 9.54. The Hall–Kier alpha value is -2.60. The summed E-state index contributed by atoms with van der Waals surface area (Å²) in [5.74, 6) is -0.696. The monoisotopic (exact) mass is 560 g/mol. The zero-order valence-corrected chi connectivity index (χ0v) is 18.8. The van der Waals surface area contributed by atoms with Crippen LogP contribution in [0, 0.1) is 3.57 Å². The van der Waals surface area contributed by atoms with E-state index in [1.165, 1.54) is 30.3 Å². The van der Waals surface area contributed by atoms with E-state index in [2.05, 4.69) is 27.9 Å². The SMILES string of the molecule is O=C(CN(c1cccc(C(F)(F)F)c1)S(=O)(=O)c1ccccc1)Nc1ccc(I)cc1. The van der Waals surface area contributed by atoms with E-state index in [1.807, 2.05) is 0 Å². The summed E-state index contributed by atoms with van der Waals surface area (Å²) in [6, 6.07) is 17.9. The first-order valence-electron chi connectivity index (χ1n) is 8.88. The Morgan fingerprint density at radius 2 is 1.58 bits per heavy atom. The van der Waals surface area contributed by atoms with Gasteiger partial charge in [-0.05, 0) is 77.2 Å². The summed E-state index contributed by atoms with van der Waals surface area (Å²) < 4.78 is 67.5. The van der Waals surface area contributed by atoms with Gasteiger partial charge < -0.3 is 5.32 Å². The molecule has 31 heavy (non-hydrogen) atoms. The Morgan fingerprint density at radius 3 is 2.19 bits per heavy atom. The van der Waals surface area contributed by atoms with Gasteiger partial charge in [-0.1, -0.05) is 24.3 Å². The van der Waals surface area contributed by atoms with E-state index in [0.717, 1.165) is 15.7 Å². The van der Waals surface area contributed by atoms with Crippen molar-refractivity contribution >= 4 is 49.9 Å². The Bertz CT molecular complexity index is 1170. The molecule has 162 valence electrons. The summed E-state index contributed by atoms with van der Waals surface area (Å²) in [4.78, 5) is 12.5. The molecular formula is C21H16F3IN2O3S. The van der Waals surface area contributed by atoms with E-state index in [1.54, 1.807) is 30.3 Å². The maximum absolute atomic E-state index is 13.2. The standard InChI is InChI=1S/C21H16F3IN2O3S/c22-21(23,24)15-5-4-6-18(13-15)27(31(29,30)19-7-2-1-3-8-19)14-20(28)26-17-11-9-16(25)10-12-17/h1-13H,14H2,(H,26,28). The Balaban J connectivity index is 1.99. The van der Waals surface area contributed by atoms with Crippen LogP contribution in [0.5, 0.6) is 0 Å². The van der Waals surface area contributed by atoms with Gasteiger partial charge in [0.2, 0.25) is 5.91 Å². The molecule has 0 bridgehead atoms. The van der Waals surface area contributed by atoms with Crippen molar-refractivity contribution in [2.75, 3.05) is 16.2 Å². The normalized spacial score (nSPS) is 11.7. The number of rotatable bonds is 6. The quantitative estimate of drug-likeness (QED) is 0.425. The number of carbonyl (C=O) groups excluding carboxylic acids is 1. The van der Waals surface area contributed by atoms with Crippen LogP contribution >= 0.6 is 22.6 Å². The van der Waals surface area contributed by atoms with E-state index in [0.29, 0.717) is 16.1 Å². The molecular weight excluding hydrogens is 544 g/mol. The number of hydrogen-bond acceptors (Lipinski definition) is 3. The molecule has 0 unspecified atom stereocenters. The van der Waals surface area contributed by atoms with Crippen LogP contribution < -0.4 is 9.62 Å². The van der Waals surface area contributed by atoms with Crippen molar-refractivity contribution in [2.45, 2.75) is 11.1 Å². The predicted octanol–water partition coefficient (Wildman–Crippen LogP) is 5.14.